The van der Waals surface area contributed by atoms with Gasteiger partial charge in [0.25, 0.3) is 0 Å². The highest BCUT2D eigenvalue weighted by molar-refractivity contribution is 9.10. The predicted molar refractivity (Wildman–Crippen MR) is 63.6 cm³/mol. The van der Waals surface area contributed by atoms with Crippen LogP contribution in [0, 0.1) is 0 Å². The van der Waals surface area contributed by atoms with Crippen LogP contribution in [0.4, 0.5) is 0 Å². The standard InChI is InChI=1S/C10H14BrNS/c1-12-6-5-8-7-9(11)3-4-10(8)13-2/h3-4,7,12H,5-6H2,1-2H3. The first-order valence-electron chi connectivity index (χ1n) is 4.25. The topological polar surface area (TPSA) is 12.0 Å². The summed E-state index contributed by atoms with van der Waals surface area (Å²) in [7, 11) is 1.98. The predicted octanol–water partition coefficient (Wildman–Crippen LogP) is 2.93. The van der Waals surface area contributed by atoms with Gasteiger partial charge in [-0.1, -0.05) is 15.9 Å². The second-order valence-corrected chi connectivity index (χ2v) is 4.57. The van der Waals surface area contributed by atoms with Gasteiger partial charge in [-0.15, -0.1) is 11.8 Å². The van der Waals surface area contributed by atoms with Crippen LogP contribution in [0.1, 0.15) is 5.56 Å². The molecule has 13 heavy (non-hydrogen) atoms. The Kier molecular flexibility index (Phi) is 4.84. The molecule has 0 aliphatic heterocycles. The van der Waals surface area contributed by atoms with Gasteiger partial charge >= 0.3 is 0 Å². The third-order valence-corrected chi connectivity index (χ3v) is 3.22. The van der Waals surface area contributed by atoms with Crippen LogP contribution in [0.3, 0.4) is 0 Å². The molecule has 1 rings (SSSR count). The molecule has 1 aromatic carbocycles. The third kappa shape index (κ3) is 3.33. The molecule has 3 heteroatoms. The van der Waals surface area contributed by atoms with E-state index in [2.05, 4.69) is 45.7 Å². The lowest BCUT2D eigenvalue weighted by Crippen LogP contribution is -2.10. The zero-order valence-corrected chi connectivity index (χ0v) is 10.3. The van der Waals surface area contributed by atoms with E-state index in [1.54, 1.807) is 11.8 Å². The Balaban J connectivity index is 2.81. The van der Waals surface area contributed by atoms with Crippen molar-refractivity contribution < 1.29 is 0 Å². The highest BCUT2D eigenvalue weighted by Crippen LogP contribution is 2.24. The summed E-state index contributed by atoms with van der Waals surface area (Å²) in [4.78, 5) is 1.37. The minimum atomic E-state index is 1.03. The van der Waals surface area contributed by atoms with Crippen LogP contribution in [0.25, 0.3) is 0 Å². The molecule has 0 aromatic heterocycles. The minimum absolute atomic E-state index is 1.03. The molecule has 1 N–H and O–H groups in total. The molecular formula is C10H14BrNS. The van der Waals surface area contributed by atoms with Gasteiger partial charge < -0.3 is 5.32 Å². The molecular weight excluding hydrogens is 246 g/mol. The number of likely N-dealkylation sites (N-methyl/N-ethyl adjacent to an activating group) is 1. The Hall–Kier alpha value is 0.01000. The van der Waals surface area contributed by atoms with E-state index in [4.69, 9.17) is 0 Å². The molecule has 72 valence electrons. The molecule has 0 saturated carbocycles. The first-order valence-corrected chi connectivity index (χ1v) is 6.26. The van der Waals surface area contributed by atoms with E-state index in [9.17, 15) is 0 Å². The Labute approximate surface area is 92.4 Å². The summed E-state index contributed by atoms with van der Waals surface area (Å²) < 4.78 is 1.16. The molecule has 0 aliphatic rings. The molecule has 0 amide bonds. The van der Waals surface area contributed by atoms with E-state index in [-0.39, 0.29) is 0 Å². The SMILES string of the molecule is CNCCc1cc(Br)ccc1SC. The fourth-order valence-corrected chi connectivity index (χ4v) is 2.24. The second-order valence-electron chi connectivity index (χ2n) is 2.81. The largest absolute Gasteiger partial charge is 0.319 e. The summed E-state index contributed by atoms with van der Waals surface area (Å²) in [5, 5.41) is 3.16. The zero-order valence-electron chi connectivity index (χ0n) is 7.93. The van der Waals surface area contributed by atoms with Gasteiger partial charge in [0.05, 0.1) is 0 Å². The zero-order chi connectivity index (χ0) is 9.68. The van der Waals surface area contributed by atoms with Crippen molar-refractivity contribution >= 4 is 27.7 Å². The molecule has 1 nitrogen and oxygen atoms in total. The molecule has 1 aromatic rings. The van der Waals surface area contributed by atoms with E-state index in [1.807, 2.05) is 7.05 Å². The summed E-state index contributed by atoms with van der Waals surface area (Å²) in [5.74, 6) is 0. The van der Waals surface area contributed by atoms with E-state index >= 15 is 0 Å². The summed E-state index contributed by atoms with van der Waals surface area (Å²) >= 11 is 5.29. The van der Waals surface area contributed by atoms with Crippen LogP contribution in [0.15, 0.2) is 27.6 Å². The highest BCUT2D eigenvalue weighted by Gasteiger charge is 2.01. The van der Waals surface area contributed by atoms with Crippen molar-refractivity contribution in [2.45, 2.75) is 11.3 Å². The van der Waals surface area contributed by atoms with Gasteiger partial charge in [0.1, 0.15) is 0 Å². The molecule has 0 heterocycles. The number of hydrogen-bond acceptors (Lipinski definition) is 2. The quantitative estimate of drug-likeness (QED) is 0.835. The Morgan fingerprint density at radius 2 is 2.23 bits per heavy atom. The molecule has 0 bridgehead atoms. The van der Waals surface area contributed by atoms with E-state index in [1.165, 1.54) is 10.5 Å². The summed E-state index contributed by atoms with van der Waals surface area (Å²) in [6.07, 6.45) is 3.21. The van der Waals surface area contributed by atoms with E-state index < -0.39 is 0 Å². The fourth-order valence-electron chi connectivity index (χ4n) is 1.20. The highest BCUT2D eigenvalue weighted by atomic mass is 79.9. The average molecular weight is 260 g/mol. The smallest absolute Gasteiger partial charge is 0.0178 e. The monoisotopic (exact) mass is 259 g/mol. The number of halogens is 1. The summed E-state index contributed by atoms with van der Waals surface area (Å²) in [5.41, 5.74) is 1.41. The molecule has 0 unspecified atom stereocenters. The molecule has 0 saturated heterocycles. The summed E-state index contributed by atoms with van der Waals surface area (Å²) in [6, 6.07) is 6.46. The summed E-state index contributed by atoms with van der Waals surface area (Å²) in [6.45, 7) is 1.03. The first kappa shape index (κ1) is 11.1. The maximum Gasteiger partial charge on any atom is 0.0178 e. The molecule has 0 spiro atoms. The van der Waals surface area contributed by atoms with Gasteiger partial charge in [0.15, 0.2) is 0 Å². The maximum atomic E-state index is 3.49. The molecule has 0 atom stereocenters. The number of hydrogen-bond donors (Lipinski definition) is 1. The van der Waals surface area contributed by atoms with Gasteiger partial charge in [0.2, 0.25) is 0 Å². The van der Waals surface area contributed by atoms with Gasteiger partial charge in [-0.3, -0.25) is 0 Å². The average Bonchev–Trinajstić information content (AvgIpc) is 2.15. The van der Waals surface area contributed by atoms with Crippen LogP contribution < -0.4 is 5.32 Å². The van der Waals surface area contributed by atoms with Crippen LogP contribution >= 0.6 is 27.7 Å². The number of benzene rings is 1. The lowest BCUT2D eigenvalue weighted by molar-refractivity contribution is 0.783. The normalized spacial score (nSPS) is 10.4. The number of nitrogens with one attached hydrogen (secondary N) is 1. The molecule has 0 radical (unpaired) electrons. The van der Waals surface area contributed by atoms with Crippen LogP contribution in [-0.4, -0.2) is 19.8 Å². The van der Waals surface area contributed by atoms with Crippen molar-refractivity contribution in [1.29, 1.82) is 0 Å². The van der Waals surface area contributed by atoms with Gasteiger partial charge in [-0.2, -0.15) is 0 Å². The molecule has 0 aliphatic carbocycles. The molecule has 0 fully saturated rings. The van der Waals surface area contributed by atoms with E-state index in [0.717, 1.165) is 17.4 Å². The van der Waals surface area contributed by atoms with Crippen molar-refractivity contribution in [2.24, 2.45) is 0 Å². The van der Waals surface area contributed by atoms with Gasteiger partial charge in [-0.05, 0) is 50.0 Å². The maximum absolute atomic E-state index is 3.49. The van der Waals surface area contributed by atoms with Crippen LogP contribution in [-0.2, 0) is 6.42 Å². The van der Waals surface area contributed by atoms with Gasteiger partial charge in [-0.25, -0.2) is 0 Å². The number of rotatable bonds is 4. The van der Waals surface area contributed by atoms with Crippen molar-refractivity contribution in [3.8, 4) is 0 Å². The van der Waals surface area contributed by atoms with Crippen LogP contribution in [0.2, 0.25) is 0 Å². The number of thioether (sulfide) groups is 1. The first-order chi connectivity index (χ1) is 6.27. The minimum Gasteiger partial charge on any atom is -0.319 e. The lowest BCUT2D eigenvalue weighted by atomic mass is 10.1. The van der Waals surface area contributed by atoms with Crippen molar-refractivity contribution in [3.63, 3.8) is 0 Å². The lowest BCUT2D eigenvalue weighted by Gasteiger charge is -2.07. The fraction of sp³-hybridized carbons (Fsp3) is 0.400. The Morgan fingerprint density at radius 1 is 1.46 bits per heavy atom. The van der Waals surface area contributed by atoms with E-state index in [0.29, 0.717) is 0 Å². The second kappa shape index (κ2) is 5.68. The van der Waals surface area contributed by atoms with Crippen molar-refractivity contribution in [2.75, 3.05) is 19.8 Å². The third-order valence-electron chi connectivity index (χ3n) is 1.89. The van der Waals surface area contributed by atoms with Crippen molar-refractivity contribution in [1.82, 2.24) is 5.32 Å². The Bertz CT molecular complexity index is 276. The van der Waals surface area contributed by atoms with Crippen LogP contribution in [0.5, 0.6) is 0 Å². The Morgan fingerprint density at radius 3 is 2.85 bits per heavy atom. The van der Waals surface area contributed by atoms with Crippen molar-refractivity contribution in [3.05, 3.63) is 28.2 Å². The van der Waals surface area contributed by atoms with Gasteiger partial charge in [0, 0.05) is 9.37 Å².